The van der Waals surface area contributed by atoms with E-state index in [0.29, 0.717) is 18.4 Å². The fourth-order valence-corrected chi connectivity index (χ4v) is 8.78. The molecule has 0 amide bonds. The van der Waals surface area contributed by atoms with Crippen LogP contribution in [0.3, 0.4) is 0 Å². The first-order valence-electron chi connectivity index (χ1n) is 14.3. The van der Waals surface area contributed by atoms with Crippen LogP contribution in [0.5, 0.6) is 0 Å². The molecule has 1 aromatic rings. The van der Waals surface area contributed by atoms with Gasteiger partial charge in [0, 0.05) is 39.9 Å². The van der Waals surface area contributed by atoms with Crippen molar-refractivity contribution in [1.29, 1.82) is 0 Å². The molecular formula is C32H38O9. The molecule has 41 heavy (non-hydrogen) atoms. The van der Waals surface area contributed by atoms with Crippen molar-refractivity contribution in [2.24, 2.45) is 34.0 Å². The van der Waals surface area contributed by atoms with Crippen LogP contribution in [0.15, 0.2) is 58.0 Å². The minimum absolute atomic E-state index is 0.0261. The normalized spacial score (nSPS) is 42.8. The number of cyclic esters (lactones) is 1. The van der Waals surface area contributed by atoms with E-state index in [-0.39, 0.29) is 18.9 Å². The van der Waals surface area contributed by atoms with Crippen molar-refractivity contribution >= 4 is 17.9 Å². The first kappa shape index (κ1) is 28.0. The van der Waals surface area contributed by atoms with Gasteiger partial charge in [-0.05, 0) is 55.7 Å². The van der Waals surface area contributed by atoms with Crippen LogP contribution in [0, 0.1) is 34.0 Å². The molecule has 1 aromatic heterocycles. The Bertz CT molecular complexity index is 1390. The van der Waals surface area contributed by atoms with Gasteiger partial charge in [-0.15, -0.1) is 0 Å². The molecule has 9 heteroatoms. The second kappa shape index (κ2) is 9.16. The van der Waals surface area contributed by atoms with Gasteiger partial charge in [0.05, 0.1) is 32.2 Å². The minimum atomic E-state index is -1.71. The van der Waals surface area contributed by atoms with Gasteiger partial charge in [-0.25, -0.2) is 9.59 Å². The monoisotopic (exact) mass is 566 g/mol. The average Bonchev–Trinajstić information content (AvgIpc) is 3.48. The molecule has 2 saturated carbocycles. The molecule has 0 radical (unpaired) electrons. The van der Waals surface area contributed by atoms with E-state index in [1.165, 1.54) is 7.11 Å². The van der Waals surface area contributed by atoms with Gasteiger partial charge in [-0.3, -0.25) is 4.79 Å². The molecular weight excluding hydrogens is 528 g/mol. The molecule has 3 aliphatic heterocycles. The largest absolute Gasteiger partial charge is 0.472 e. The summed E-state index contributed by atoms with van der Waals surface area (Å²) in [5.41, 5.74) is 0.679. The second-order valence-corrected chi connectivity index (χ2v) is 13.0. The number of fused-ring (bicyclic) bond motifs is 4. The summed E-state index contributed by atoms with van der Waals surface area (Å²) in [6.45, 7) is 9.62. The minimum Gasteiger partial charge on any atom is -0.472 e. The van der Waals surface area contributed by atoms with Crippen molar-refractivity contribution in [3.63, 3.8) is 0 Å². The SMILES string of the molecule is C/C=C(\C)C(=O)O[C@@H]1[C@@H]2C=C3C4=CC(=O)O[C@@H](c5ccoc5)[C@]4(C)CC[C@@H]3[C@]3(C)[C@@H](CC(=O)OC)[C@]1(C)CO[C@]23O. The van der Waals surface area contributed by atoms with Crippen LogP contribution in [-0.2, 0) is 33.3 Å². The van der Waals surface area contributed by atoms with Crippen LogP contribution in [-0.4, -0.2) is 48.6 Å². The second-order valence-electron chi connectivity index (χ2n) is 13.0. The molecule has 9 nitrogen and oxygen atoms in total. The molecule has 0 spiro atoms. The molecule has 9 atom stereocenters. The lowest BCUT2D eigenvalue weighted by Crippen LogP contribution is -2.79. The van der Waals surface area contributed by atoms with E-state index in [9.17, 15) is 19.5 Å². The lowest BCUT2D eigenvalue weighted by Gasteiger charge is -2.73. The Balaban J connectivity index is 1.54. The summed E-state index contributed by atoms with van der Waals surface area (Å²) in [4.78, 5) is 39.1. The Morgan fingerprint density at radius 3 is 2.66 bits per heavy atom. The summed E-state index contributed by atoms with van der Waals surface area (Å²) in [5, 5.41) is 12.5. The zero-order valence-electron chi connectivity index (χ0n) is 24.4. The Morgan fingerprint density at radius 2 is 2.00 bits per heavy atom. The van der Waals surface area contributed by atoms with E-state index < -0.39 is 64.0 Å². The zero-order chi connectivity index (χ0) is 29.5. The van der Waals surface area contributed by atoms with Gasteiger partial charge in [-0.1, -0.05) is 32.9 Å². The predicted octanol–water partition coefficient (Wildman–Crippen LogP) is 4.58. The standard InChI is InChI=1S/C32H38O9/c1-7-17(2)28(35)41-27-22-12-19-20(31(5)23(14-24(33)37-6)30(27,4)16-39-32(22,31)36)8-10-29(3)21(19)13-25(34)40-26(29)18-9-11-38-15-18/h7,9,11-13,15,20,22-23,26-27,36H,8,10,14,16H2,1-6H3/b17-7+/t20-,22-,23-,26-,27+,29+,30-,31+,32+/m0/s1. The van der Waals surface area contributed by atoms with E-state index in [1.54, 1.807) is 38.5 Å². The number of furan rings is 1. The number of ether oxygens (including phenoxy) is 4. The number of rotatable bonds is 5. The average molecular weight is 567 g/mol. The van der Waals surface area contributed by atoms with Crippen LogP contribution in [0.4, 0.5) is 0 Å². The van der Waals surface area contributed by atoms with Gasteiger partial charge >= 0.3 is 17.9 Å². The molecule has 4 bridgehead atoms. The third-order valence-electron chi connectivity index (χ3n) is 11.2. The number of allylic oxidation sites excluding steroid dienone is 2. The summed E-state index contributed by atoms with van der Waals surface area (Å²) in [6, 6.07) is 1.81. The van der Waals surface area contributed by atoms with Crippen molar-refractivity contribution in [1.82, 2.24) is 0 Å². The number of methoxy groups -OCH3 is 1. The van der Waals surface area contributed by atoms with Gasteiger partial charge in [0.15, 0.2) is 5.79 Å². The van der Waals surface area contributed by atoms with Crippen LogP contribution in [0.1, 0.15) is 65.5 Å². The Kier molecular flexibility index (Phi) is 6.25. The van der Waals surface area contributed by atoms with Crippen LogP contribution < -0.4 is 0 Å². The molecule has 6 aliphatic rings. The smallest absolute Gasteiger partial charge is 0.333 e. The highest BCUT2D eigenvalue weighted by atomic mass is 16.6. The third kappa shape index (κ3) is 3.57. The number of carbonyl (C=O) groups excluding carboxylic acids is 3. The van der Waals surface area contributed by atoms with Crippen LogP contribution in [0.2, 0.25) is 0 Å². The van der Waals surface area contributed by atoms with Gasteiger partial charge in [0.2, 0.25) is 0 Å². The van der Waals surface area contributed by atoms with Crippen molar-refractivity contribution < 1.29 is 42.9 Å². The highest BCUT2D eigenvalue weighted by Crippen LogP contribution is 2.74. The predicted molar refractivity (Wildman–Crippen MR) is 145 cm³/mol. The van der Waals surface area contributed by atoms with Crippen molar-refractivity contribution in [3.8, 4) is 0 Å². The van der Waals surface area contributed by atoms with Gasteiger partial charge < -0.3 is 28.5 Å². The van der Waals surface area contributed by atoms with Gasteiger partial charge in [0.25, 0.3) is 0 Å². The Morgan fingerprint density at radius 1 is 1.24 bits per heavy atom. The number of esters is 3. The van der Waals surface area contributed by atoms with Crippen molar-refractivity contribution in [2.75, 3.05) is 13.7 Å². The van der Waals surface area contributed by atoms with Crippen LogP contribution >= 0.6 is 0 Å². The summed E-state index contributed by atoms with van der Waals surface area (Å²) < 4.78 is 28.9. The van der Waals surface area contributed by atoms with Crippen molar-refractivity contribution in [2.45, 2.75) is 71.9 Å². The molecule has 0 unspecified atom stereocenters. The van der Waals surface area contributed by atoms with Crippen LogP contribution in [0.25, 0.3) is 0 Å². The van der Waals surface area contributed by atoms with E-state index in [1.807, 2.05) is 26.0 Å². The first-order chi connectivity index (χ1) is 19.3. The van der Waals surface area contributed by atoms with Crippen molar-refractivity contribution in [3.05, 3.63) is 59.1 Å². The van der Waals surface area contributed by atoms with Gasteiger partial charge in [0.1, 0.15) is 12.2 Å². The number of hydrogen-bond donors (Lipinski definition) is 1. The Hall–Kier alpha value is -3.17. The van der Waals surface area contributed by atoms with E-state index in [0.717, 1.165) is 16.7 Å². The maximum atomic E-state index is 13.2. The van der Waals surface area contributed by atoms with E-state index in [4.69, 9.17) is 23.4 Å². The molecule has 220 valence electrons. The fourth-order valence-electron chi connectivity index (χ4n) is 8.78. The number of aliphatic hydroxyl groups is 1. The summed E-state index contributed by atoms with van der Waals surface area (Å²) in [6.07, 6.45) is 8.41. The topological polar surface area (TPSA) is 122 Å². The van der Waals surface area contributed by atoms with E-state index in [2.05, 4.69) is 6.92 Å². The first-order valence-corrected chi connectivity index (χ1v) is 14.3. The summed E-state index contributed by atoms with van der Waals surface area (Å²) in [7, 11) is 1.35. The zero-order valence-corrected chi connectivity index (χ0v) is 24.4. The van der Waals surface area contributed by atoms with Gasteiger partial charge in [-0.2, -0.15) is 0 Å². The lowest BCUT2D eigenvalue weighted by atomic mass is 9.38. The molecule has 2 saturated heterocycles. The Labute approximate surface area is 239 Å². The summed E-state index contributed by atoms with van der Waals surface area (Å²) >= 11 is 0. The fraction of sp³-hybridized carbons (Fsp3) is 0.594. The molecule has 0 aromatic carbocycles. The lowest BCUT2D eigenvalue weighted by molar-refractivity contribution is -0.426. The number of hydrogen-bond acceptors (Lipinski definition) is 9. The van der Waals surface area contributed by atoms with E-state index >= 15 is 0 Å². The highest BCUT2D eigenvalue weighted by molar-refractivity contribution is 5.88. The molecule has 4 heterocycles. The third-order valence-corrected chi connectivity index (χ3v) is 11.2. The highest BCUT2D eigenvalue weighted by Gasteiger charge is 2.78. The quantitative estimate of drug-likeness (QED) is 0.310. The maximum absolute atomic E-state index is 13.2. The molecule has 7 rings (SSSR count). The maximum Gasteiger partial charge on any atom is 0.333 e. The molecule has 4 fully saturated rings. The summed E-state index contributed by atoms with van der Waals surface area (Å²) in [5.74, 6) is -4.46. The molecule has 3 aliphatic carbocycles. The molecule has 1 N–H and O–H groups in total. The number of carbonyl (C=O) groups is 3.